The van der Waals surface area contributed by atoms with Crippen molar-refractivity contribution >= 4 is 12.0 Å². The van der Waals surface area contributed by atoms with E-state index in [0.29, 0.717) is 6.42 Å². The van der Waals surface area contributed by atoms with E-state index < -0.39 is 18.0 Å². The first-order valence-corrected chi connectivity index (χ1v) is 4.97. The van der Waals surface area contributed by atoms with Gasteiger partial charge >= 0.3 is 12.0 Å². The Kier molecular flexibility index (Phi) is 7.35. The summed E-state index contributed by atoms with van der Waals surface area (Å²) in [6.45, 7) is 0.853. The third-order valence-electron chi connectivity index (χ3n) is 2.00. The van der Waals surface area contributed by atoms with Crippen LogP contribution < -0.4 is 16.0 Å². The van der Waals surface area contributed by atoms with Gasteiger partial charge in [0.25, 0.3) is 0 Å². The molecule has 0 saturated carbocycles. The minimum Gasteiger partial charge on any atom is -0.480 e. The number of urea groups is 1. The van der Waals surface area contributed by atoms with Crippen molar-refractivity contribution in [3.63, 3.8) is 0 Å². The van der Waals surface area contributed by atoms with E-state index in [9.17, 15) is 9.59 Å². The van der Waals surface area contributed by atoms with Gasteiger partial charge in [0, 0.05) is 7.05 Å². The van der Waals surface area contributed by atoms with Crippen LogP contribution in [0.3, 0.4) is 0 Å². The average Bonchev–Trinajstić information content (AvgIpc) is 2.21. The number of carboxylic acid groups (broad SMARTS) is 1. The fraction of sp³-hybridized carbons (Fsp3) is 0.778. The number of hydrogen-bond acceptors (Lipinski definition) is 3. The number of unbranched alkanes of at least 4 members (excludes halogenated alkanes) is 1. The van der Waals surface area contributed by atoms with Gasteiger partial charge in [-0.3, -0.25) is 0 Å². The van der Waals surface area contributed by atoms with Crippen LogP contribution in [0, 0.1) is 0 Å². The molecule has 0 bridgehead atoms. The summed E-state index contributed by atoms with van der Waals surface area (Å²) >= 11 is 0. The van der Waals surface area contributed by atoms with Crippen LogP contribution in [0.1, 0.15) is 19.3 Å². The Morgan fingerprint density at radius 1 is 1.27 bits per heavy atom. The van der Waals surface area contributed by atoms with Crippen LogP contribution in [0.2, 0.25) is 0 Å². The van der Waals surface area contributed by atoms with Gasteiger partial charge in [-0.05, 0) is 32.9 Å². The molecule has 15 heavy (non-hydrogen) atoms. The lowest BCUT2D eigenvalue weighted by Crippen LogP contribution is -2.44. The first-order valence-electron chi connectivity index (χ1n) is 4.97. The van der Waals surface area contributed by atoms with Gasteiger partial charge in [-0.15, -0.1) is 0 Å². The van der Waals surface area contributed by atoms with Gasteiger partial charge in [0.1, 0.15) is 6.04 Å². The fourth-order valence-corrected chi connectivity index (χ4v) is 1.14. The Labute approximate surface area is 89.4 Å². The van der Waals surface area contributed by atoms with Crippen molar-refractivity contribution in [3.8, 4) is 0 Å². The molecule has 0 rings (SSSR count). The molecule has 6 heteroatoms. The van der Waals surface area contributed by atoms with E-state index in [4.69, 9.17) is 5.11 Å². The minimum atomic E-state index is -0.997. The van der Waals surface area contributed by atoms with Crippen molar-refractivity contribution < 1.29 is 14.7 Å². The third kappa shape index (κ3) is 6.73. The van der Waals surface area contributed by atoms with Crippen LogP contribution in [0.15, 0.2) is 0 Å². The smallest absolute Gasteiger partial charge is 0.326 e. The topological polar surface area (TPSA) is 90.5 Å². The summed E-state index contributed by atoms with van der Waals surface area (Å²) in [6, 6.07) is -1.27. The van der Waals surface area contributed by atoms with Gasteiger partial charge in [-0.25, -0.2) is 9.59 Å². The molecule has 0 aliphatic carbocycles. The van der Waals surface area contributed by atoms with E-state index >= 15 is 0 Å². The van der Waals surface area contributed by atoms with Gasteiger partial charge < -0.3 is 21.1 Å². The average molecular weight is 217 g/mol. The highest BCUT2D eigenvalue weighted by Gasteiger charge is 2.18. The Bertz CT molecular complexity index is 209. The predicted molar refractivity (Wildman–Crippen MR) is 56.8 cm³/mol. The van der Waals surface area contributed by atoms with Crippen LogP contribution in [0.5, 0.6) is 0 Å². The highest BCUT2D eigenvalue weighted by Crippen LogP contribution is 2.00. The highest BCUT2D eigenvalue weighted by molar-refractivity contribution is 5.82. The molecule has 0 aliphatic heterocycles. The van der Waals surface area contributed by atoms with Crippen molar-refractivity contribution in [1.29, 1.82) is 0 Å². The van der Waals surface area contributed by atoms with Crippen LogP contribution in [-0.4, -0.2) is 43.8 Å². The van der Waals surface area contributed by atoms with Gasteiger partial charge in [-0.1, -0.05) is 0 Å². The highest BCUT2D eigenvalue weighted by atomic mass is 16.4. The Morgan fingerprint density at radius 3 is 2.40 bits per heavy atom. The molecule has 0 aromatic carbocycles. The van der Waals surface area contributed by atoms with Crippen LogP contribution in [0.25, 0.3) is 0 Å². The Balaban J connectivity index is 3.84. The van der Waals surface area contributed by atoms with E-state index in [0.717, 1.165) is 19.4 Å². The molecule has 0 heterocycles. The lowest BCUT2D eigenvalue weighted by molar-refractivity contribution is -0.139. The monoisotopic (exact) mass is 217 g/mol. The number of aliphatic carboxylic acids is 1. The predicted octanol–water partition coefficient (Wildman–Crippen LogP) is -0.242. The molecule has 0 saturated heterocycles. The quantitative estimate of drug-likeness (QED) is 0.443. The maximum absolute atomic E-state index is 10.9. The van der Waals surface area contributed by atoms with Crippen molar-refractivity contribution in [2.75, 3.05) is 20.6 Å². The largest absolute Gasteiger partial charge is 0.480 e. The lowest BCUT2D eigenvalue weighted by Gasteiger charge is -2.13. The molecule has 0 radical (unpaired) electrons. The second-order valence-corrected chi connectivity index (χ2v) is 3.21. The van der Waals surface area contributed by atoms with E-state index in [1.807, 2.05) is 7.05 Å². The van der Waals surface area contributed by atoms with E-state index in [1.165, 1.54) is 7.05 Å². The van der Waals surface area contributed by atoms with Crippen molar-refractivity contribution in [1.82, 2.24) is 16.0 Å². The normalized spacial score (nSPS) is 11.9. The minimum absolute atomic E-state index is 0.449. The summed E-state index contributed by atoms with van der Waals surface area (Å²) in [7, 11) is 3.30. The molecule has 0 aliphatic rings. The van der Waals surface area contributed by atoms with Gasteiger partial charge in [0.15, 0.2) is 0 Å². The molecule has 0 aromatic rings. The first kappa shape index (κ1) is 13.7. The molecular weight excluding hydrogens is 198 g/mol. The van der Waals surface area contributed by atoms with Crippen molar-refractivity contribution in [2.45, 2.75) is 25.3 Å². The molecule has 2 amide bonds. The van der Waals surface area contributed by atoms with Gasteiger partial charge in [0.05, 0.1) is 0 Å². The van der Waals surface area contributed by atoms with Crippen molar-refractivity contribution in [2.24, 2.45) is 0 Å². The van der Waals surface area contributed by atoms with Gasteiger partial charge in [-0.2, -0.15) is 0 Å². The van der Waals surface area contributed by atoms with Crippen LogP contribution >= 0.6 is 0 Å². The summed E-state index contributed by atoms with van der Waals surface area (Å²) < 4.78 is 0. The maximum atomic E-state index is 10.9. The zero-order valence-electron chi connectivity index (χ0n) is 9.17. The van der Waals surface area contributed by atoms with Crippen LogP contribution in [0.4, 0.5) is 4.79 Å². The first-order chi connectivity index (χ1) is 7.11. The summed E-state index contributed by atoms with van der Waals surface area (Å²) in [5.74, 6) is -0.997. The lowest BCUT2D eigenvalue weighted by atomic mass is 10.1. The number of amides is 2. The molecule has 0 aromatic heterocycles. The van der Waals surface area contributed by atoms with Gasteiger partial charge in [0.2, 0.25) is 0 Å². The molecule has 0 fully saturated rings. The molecule has 0 unspecified atom stereocenters. The standard InChI is InChI=1S/C9H19N3O3/c1-10-6-4-3-5-7(8(13)14)12-9(15)11-2/h7,10H,3-6H2,1-2H3,(H,13,14)(H2,11,12,15)/t7-/m0/s1. The summed E-state index contributed by atoms with van der Waals surface area (Å²) in [5.41, 5.74) is 0. The molecule has 1 atom stereocenters. The molecule has 0 spiro atoms. The summed E-state index contributed by atoms with van der Waals surface area (Å²) in [5, 5.41) is 16.5. The number of carboxylic acids is 1. The Hall–Kier alpha value is -1.30. The fourth-order valence-electron chi connectivity index (χ4n) is 1.14. The van der Waals surface area contributed by atoms with Crippen molar-refractivity contribution in [3.05, 3.63) is 0 Å². The summed E-state index contributed by atoms with van der Waals surface area (Å²) in [6.07, 6.45) is 2.11. The molecule has 6 nitrogen and oxygen atoms in total. The van der Waals surface area contributed by atoms with Crippen LogP contribution in [-0.2, 0) is 4.79 Å². The SMILES string of the molecule is CNCCCC[C@H](NC(=O)NC)C(=O)O. The number of carbonyl (C=O) groups excluding carboxylic acids is 1. The number of nitrogens with one attached hydrogen (secondary N) is 3. The number of rotatable bonds is 7. The van der Waals surface area contributed by atoms with E-state index in [1.54, 1.807) is 0 Å². The molecular formula is C9H19N3O3. The Morgan fingerprint density at radius 2 is 1.93 bits per heavy atom. The maximum Gasteiger partial charge on any atom is 0.326 e. The summed E-state index contributed by atoms with van der Waals surface area (Å²) in [4.78, 5) is 21.7. The number of carbonyl (C=O) groups is 2. The van der Waals surface area contributed by atoms with E-state index in [-0.39, 0.29) is 0 Å². The number of hydrogen-bond donors (Lipinski definition) is 4. The van der Waals surface area contributed by atoms with E-state index in [2.05, 4.69) is 16.0 Å². The zero-order chi connectivity index (χ0) is 11.7. The second-order valence-electron chi connectivity index (χ2n) is 3.21. The third-order valence-corrected chi connectivity index (χ3v) is 2.00. The second kappa shape index (κ2) is 8.05. The molecule has 4 N–H and O–H groups in total. The zero-order valence-corrected chi connectivity index (χ0v) is 9.17. The molecule has 88 valence electrons.